The van der Waals surface area contributed by atoms with Crippen LogP contribution in [0.15, 0.2) is 51.4 Å². The van der Waals surface area contributed by atoms with Gasteiger partial charge in [-0.1, -0.05) is 67.5 Å². The van der Waals surface area contributed by atoms with Crippen molar-refractivity contribution in [2.45, 2.75) is 93.3 Å². The molecule has 0 saturated carbocycles. The Hall–Kier alpha value is -5.10. The number of phenols is 3. The number of allylic oxidation sites excluding steroid dienone is 4. The Bertz CT molecular complexity index is 1990. The molecule has 4 rings (SSSR count). The number of fused-ring (bicyclic) bond motifs is 2. The van der Waals surface area contributed by atoms with Crippen molar-refractivity contribution >= 4 is 40.3 Å². The molecular weight excluding hydrogens is 668 g/mol. The van der Waals surface area contributed by atoms with Crippen LogP contribution < -0.4 is 5.32 Å². The number of aliphatic carboxylic acids is 2. The number of aliphatic imine (C=N–C) groups is 1. The number of aliphatic hydroxyl groups excluding tert-OH is 2. The number of hydrogen-bond donors (Lipinski definition) is 8. The van der Waals surface area contributed by atoms with E-state index in [1.165, 1.54) is 6.20 Å². The number of hydrogen-bond acceptors (Lipinski definition) is 10. The molecule has 12 heteroatoms. The highest BCUT2D eigenvalue weighted by Crippen LogP contribution is 2.52. The number of aromatic hydroxyl groups is 3. The second kappa shape index (κ2) is 14.9. The van der Waals surface area contributed by atoms with E-state index in [1.807, 2.05) is 13.8 Å². The normalized spacial score (nSPS) is 20.2. The van der Waals surface area contributed by atoms with Crippen molar-refractivity contribution in [2.75, 3.05) is 0 Å². The zero-order valence-electron chi connectivity index (χ0n) is 31.2. The lowest BCUT2D eigenvalue weighted by Gasteiger charge is -2.37. The minimum Gasteiger partial charge on any atom is -0.511 e. The molecule has 0 heterocycles. The van der Waals surface area contributed by atoms with Gasteiger partial charge in [0.2, 0.25) is 0 Å². The van der Waals surface area contributed by atoms with Gasteiger partial charge in [-0.05, 0) is 65.2 Å². The molecule has 2 aromatic carbocycles. The molecular formula is C40H50N2O10. The number of aryl methyl sites for hydroxylation is 1. The van der Waals surface area contributed by atoms with Gasteiger partial charge in [0.1, 0.15) is 29.7 Å². The minimum absolute atomic E-state index is 0.0577. The number of nitrogens with one attached hydrogen (secondary N) is 1. The van der Waals surface area contributed by atoms with Gasteiger partial charge in [0.15, 0.2) is 17.3 Å². The largest absolute Gasteiger partial charge is 0.511 e. The van der Waals surface area contributed by atoms with Gasteiger partial charge in [0.25, 0.3) is 0 Å². The van der Waals surface area contributed by atoms with Crippen LogP contribution >= 0.6 is 0 Å². The summed E-state index contributed by atoms with van der Waals surface area (Å²) in [7, 11) is 0. The number of Topliss-reactive ketones (excluding diaryl/α,β-unsaturated/α-hetero) is 1. The average Bonchev–Trinajstić information content (AvgIpc) is 3.01. The Kier molecular flexibility index (Phi) is 11.3. The summed E-state index contributed by atoms with van der Waals surface area (Å²) >= 11 is 0. The van der Waals surface area contributed by atoms with Gasteiger partial charge in [-0.25, -0.2) is 9.59 Å². The fourth-order valence-corrected chi connectivity index (χ4v) is 7.39. The predicted molar refractivity (Wildman–Crippen MR) is 199 cm³/mol. The number of aliphatic hydroxyl groups is 2. The summed E-state index contributed by atoms with van der Waals surface area (Å²) in [6.45, 7) is 17.4. The van der Waals surface area contributed by atoms with Crippen molar-refractivity contribution in [1.29, 1.82) is 0 Å². The molecule has 0 aliphatic heterocycles. The van der Waals surface area contributed by atoms with Gasteiger partial charge in [0.05, 0.1) is 5.92 Å². The quantitative estimate of drug-likeness (QED) is 0.0739. The second-order valence-electron chi connectivity index (χ2n) is 15.0. The zero-order chi connectivity index (χ0) is 39.3. The zero-order valence-corrected chi connectivity index (χ0v) is 31.2. The fraction of sp³-hybridized carbons (Fsp3) is 0.450. The molecule has 8 N–H and O–H groups in total. The van der Waals surface area contributed by atoms with Crippen LogP contribution in [0.25, 0.3) is 16.3 Å². The van der Waals surface area contributed by atoms with Gasteiger partial charge >= 0.3 is 11.9 Å². The van der Waals surface area contributed by atoms with Crippen LogP contribution in [-0.2, 0) is 14.4 Å². The Labute approximate surface area is 303 Å². The molecule has 0 spiro atoms. The van der Waals surface area contributed by atoms with Crippen molar-refractivity contribution < 1.29 is 50.1 Å². The third kappa shape index (κ3) is 6.79. The lowest BCUT2D eigenvalue weighted by atomic mass is 9.68. The number of carboxylic acid groups (broad SMARTS) is 2. The Balaban J connectivity index is 2.13. The molecule has 2 aliphatic rings. The van der Waals surface area contributed by atoms with Crippen molar-refractivity contribution in [3.05, 3.63) is 68.6 Å². The minimum atomic E-state index is -1.54. The Morgan fingerprint density at radius 1 is 0.865 bits per heavy atom. The molecule has 0 bridgehead atoms. The number of carbonyl (C=O) groups is 3. The first-order chi connectivity index (χ1) is 24.1. The molecule has 2 aromatic rings. The summed E-state index contributed by atoms with van der Waals surface area (Å²) in [5, 5.41) is 81.0. The van der Waals surface area contributed by atoms with Crippen LogP contribution in [0, 0.1) is 30.6 Å². The van der Waals surface area contributed by atoms with E-state index in [1.54, 1.807) is 67.5 Å². The van der Waals surface area contributed by atoms with Crippen molar-refractivity contribution in [1.82, 2.24) is 5.32 Å². The topological polar surface area (TPSA) is 217 Å². The third-order valence-corrected chi connectivity index (χ3v) is 9.92. The number of carbonyl (C=O) groups excluding carboxylic acids is 1. The molecule has 280 valence electrons. The summed E-state index contributed by atoms with van der Waals surface area (Å²) in [5.41, 5.74) is 2.25. The van der Waals surface area contributed by atoms with Gasteiger partial charge in [0, 0.05) is 45.6 Å². The van der Waals surface area contributed by atoms with E-state index in [2.05, 4.69) is 10.3 Å². The molecule has 12 nitrogen and oxygen atoms in total. The highest BCUT2D eigenvalue weighted by Gasteiger charge is 2.44. The molecule has 52 heavy (non-hydrogen) atoms. The highest BCUT2D eigenvalue weighted by atomic mass is 16.4. The molecule has 0 amide bonds. The van der Waals surface area contributed by atoms with E-state index < -0.39 is 65.0 Å². The van der Waals surface area contributed by atoms with E-state index in [0.717, 1.165) is 6.21 Å². The first kappa shape index (κ1) is 39.7. The van der Waals surface area contributed by atoms with Gasteiger partial charge in [-0.3, -0.25) is 9.79 Å². The SMILES string of the molecule is CC1=CC2=C(C(C)C)C(O)C(=O)/C(=C\N[C@@H](C(=O)O)C(C)C)C2C(O)=C1c1c(C)cc2c(C(C)C)c(O)c(O)c(C=N[C@H](C(=O)O)C(C)C)c2c1O. The average molecular weight is 719 g/mol. The summed E-state index contributed by atoms with van der Waals surface area (Å²) in [4.78, 5) is 42.0. The fourth-order valence-electron chi connectivity index (χ4n) is 7.39. The summed E-state index contributed by atoms with van der Waals surface area (Å²) < 4.78 is 0. The maximum Gasteiger partial charge on any atom is 0.328 e. The first-order valence-electron chi connectivity index (χ1n) is 17.4. The number of nitrogens with zero attached hydrogens (tertiary/aromatic N) is 1. The molecule has 0 radical (unpaired) electrons. The van der Waals surface area contributed by atoms with E-state index in [9.17, 15) is 50.1 Å². The number of carboxylic acids is 2. The van der Waals surface area contributed by atoms with Crippen molar-refractivity contribution in [2.24, 2.45) is 28.7 Å². The van der Waals surface area contributed by atoms with E-state index in [4.69, 9.17) is 0 Å². The monoisotopic (exact) mass is 718 g/mol. The smallest absolute Gasteiger partial charge is 0.328 e. The second-order valence-corrected chi connectivity index (χ2v) is 15.0. The number of ketones is 1. The number of benzene rings is 2. The highest BCUT2D eigenvalue weighted by molar-refractivity contribution is 6.12. The lowest BCUT2D eigenvalue weighted by Crippen LogP contribution is -2.42. The van der Waals surface area contributed by atoms with E-state index in [-0.39, 0.29) is 51.2 Å². The van der Waals surface area contributed by atoms with Crippen LogP contribution in [0.1, 0.15) is 90.5 Å². The van der Waals surface area contributed by atoms with Crippen molar-refractivity contribution in [3.63, 3.8) is 0 Å². The maximum atomic E-state index is 13.8. The first-order valence-corrected chi connectivity index (χ1v) is 17.4. The van der Waals surface area contributed by atoms with Crippen LogP contribution in [0.2, 0.25) is 0 Å². The molecule has 4 atom stereocenters. The lowest BCUT2D eigenvalue weighted by molar-refractivity contribution is -0.141. The Morgan fingerprint density at radius 2 is 1.48 bits per heavy atom. The third-order valence-electron chi connectivity index (χ3n) is 9.92. The summed E-state index contributed by atoms with van der Waals surface area (Å²) in [6.07, 6.45) is 2.55. The maximum absolute atomic E-state index is 13.8. The van der Waals surface area contributed by atoms with Crippen molar-refractivity contribution in [3.8, 4) is 17.2 Å². The van der Waals surface area contributed by atoms with E-state index >= 15 is 0 Å². The molecule has 2 unspecified atom stereocenters. The van der Waals surface area contributed by atoms with Crippen LogP contribution in [-0.4, -0.2) is 77.9 Å². The summed E-state index contributed by atoms with van der Waals surface area (Å²) in [5.74, 6) is -7.43. The summed E-state index contributed by atoms with van der Waals surface area (Å²) in [6, 6.07) is -0.580. The number of rotatable bonds is 11. The molecule has 2 aliphatic carbocycles. The van der Waals surface area contributed by atoms with Gasteiger partial charge < -0.3 is 41.1 Å². The Morgan fingerprint density at radius 3 is 1.98 bits per heavy atom. The van der Waals surface area contributed by atoms with Crippen LogP contribution in [0.5, 0.6) is 17.2 Å². The standard InChI is InChI=1S/C40H50N2O10/c1-15(2)25-21-11-19(9)27(35(45)29(21)23(33(43)37(25)47)13-41-31(17(5)6)39(49)50)28-20(10)12-22-26(16(3)4)38(48)34(44)24(30(22)36(28)46)14-42-32(18(7)8)40(51)52/h11-18,29,31-32,37,41,44-48H,1-10H3,(H,49,50)(H,51,52)/b23-13-,42-14?/t29?,31-,32+,37?/m1/s1. The van der Waals surface area contributed by atoms with Crippen LogP contribution in [0.3, 0.4) is 0 Å². The molecule has 0 saturated heterocycles. The molecule has 0 fully saturated rings. The predicted octanol–water partition coefficient (Wildman–Crippen LogP) is 6.24. The number of phenolic OH excluding ortho intramolecular Hbond substituents is 3. The van der Waals surface area contributed by atoms with E-state index in [0.29, 0.717) is 33.2 Å². The van der Waals surface area contributed by atoms with Crippen LogP contribution in [0.4, 0.5) is 0 Å². The molecule has 0 aromatic heterocycles. The van der Waals surface area contributed by atoms with Gasteiger partial charge in [-0.2, -0.15) is 0 Å². The van der Waals surface area contributed by atoms with Gasteiger partial charge in [-0.15, -0.1) is 0 Å².